The van der Waals surface area contributed by atoms with Crippen molar-refractivity contribution in [3.05, 3.63) is 28.2 Å². The smallest absolute Gasteiger partial charge is 0.139 e. The number of aryl methyl sites for hydroxylation is 1. The molecule has 1 atom stereocenters. The third-order valence-electron chi connectivity index (χ3n) is 4.16. The number of imidazole rings is 1. The van der Waals surface area contributed by atoms with Gasteiger partial charge in [-0.2, -0.15) is 0 Å². The van der Waals surface area contributed by atoms with Crippen LogP contribution in [0.3, 0.4) is 0 Å². The zero-order valence-corrected chi connectivity index (χ0v) is 13.7. The second-order valence-electron chi connectivity index (χ2n) is 5.58. The first-order chi connectivity index (χ1) is 9.56. The van der Waals surface area contributed by atoms with E-state index in [1.54, 1.807) is 12.1 Å². The maximum atomic E-state index is 13.8. The molecule has 2 nitrogen and oxygen atoms in total. The monoisotopic (exact) mass is 358 g/mol. The van der Waals surface area contributed by atoms with Crippen LogP contribution in [0.25, 0.3) is 11.0 Å². The summed E-state index contributed by atoms with van der Waals surface area (Å²) in [6.45, 7) is 2.78. The number of fused-ring (bicyclic) bond motifs is 1. The number of nitrogens with zero attached hydrogens (tertiary/aromatic N) is 2. The Kier molecular flexibility index (Phi) is 4.04. The van der Waals surface area contributed by atoms with Gasteiger partial charge in [0, 0.05) is 12.6 Å². The first-order valence-corrected chi connectivity index (χ1v) is 8.28. The van der Waals surface area contributed by atoms with Gasteiger partial charge in [-0.15, -0.1) is 11.6 Å². The minimum Gasteiger partial charge on any atom is -0.327 e. The molecule has 1 aromatic heterocycles. The summed E-state index contributed by atoms with van der Waals surface area (Å²) in [6.07, 6.45) is 5.10. The zero-order valence-electron chi connectivity index (χ0n) is 11.4. The van der Waals surface area contributed by atoms with Crippen molar-refractivity contribution in [2.45, 2.75) is 44.5 Å². The van der Waals surface area contributed by atoms with Crippen molar-refractivity contribution in [3.8, 4) is 0 Å². The molecule has 0 spiro atoms. The summed E-state index contributed by atoms with van der Waals surface area (Å²) in [4.78, 5) is 4.57. The van der Waals surface area contributed by atoms with Crippen LogP contribution in [0.15, 0.2) is 16.6 Å². The highest BCUT2D eigenvalue weighted by atomic mass is 79.9. The Balaban J connectivity index is 2.00. The number of aromatic nitrogens is 2. The molecule has 5 heteroatoms. The molecule has 108 valence electrons. The van der Waals surface area contributed by atoms with Crippen LogP contribution in [0.5, 0.6) is 0 Å². The lowest BCUT2D eigenvalue weighted by molar-refractivity contribution is 0.282. The summed E-state index contributed by atoms with van der Waals surface area (Å²) in [6, 6.07) is 3.28. The zero-order chi connectivity index (χ0) is 14.3. The largest absolute Gasteiger partial charge is 0.327 e. The molecule has 1 unspecified atom stereocenters. The van der Waals surface area contributed by atoms with Crippen LogP contribution in [0.2, 0.25) is 0 Å². The number of hydrogen-bond donors (Lipinski definition) is 0. The standard InChI is InChI=1S/C15H17BrClFN2/c1-9(17)15-19-13-7-11(16)12(18)8-14(13)20(15)6-5-10-3-2-4-10/h7-10H,2-6H2,1H3. The fraction of sp³-hybridized carbons (Fsp3) is 0.533. The third-order valence-corrected chi connectivity index (χ3v) is 4.96. The number of rotatable bonds is 4. The highest BCUT2D eigenvalue weighted by Gasteiger charge is 2.20. The van der Waals surface area contributed by atoms with Gasteiger partial charge in [0.25, 0.3) is 0 Å². The summed E-state index contributed by atoms with van der Waals surface area (Å²) < 4.78 is 16.3. The molecule has 1 saturated carbocycles. The van der Waals surface area contributed by atoms with E-state index in [4.69, 9.17) is 11.6 Å². The fourth-order valence-electron chi connectivity index (χ4n) is 2.77. The van der Waals surface area contributed by atoms with E-state index in [1.165, 1.54) is 19.3 Å². The maximum absolute atomic E-state index is 13.8. The van der Waals surface area contributed by atoms with Crippen molar-refractivity contribution >= 4 is 38.6 Å². The molecule has 0 N–H and O–H groups in total. The SMILES string of the molecule is CC(Cl)c1nc2cc(Br)c(F)cc2n1CCC1CCC1. The van der Waals surface area contributed by atoms with Crippen LogP contribution < -0.4 is 0 Å². The first-order valence-electron chi connectivity index (χ1n) is 7.05. The molecule has 0 saturated heterocycles. The molecule has 1 aliphatic carbocycles. The van der Waals surface area contributed by atoms with Crippen molar-refractivity contribution in [1.29, 1.82) is 0 Å². The van der Waals surface area contributed by atoms with E-state index in [0.717, 1.165) is 35.7 Å². The fourth-order valence-corrected chi connectivity index (χ4v) is 3.27. The summed E-state index contributed by atoms with van der Waals surface area (Å²) in [7, 11) is 0. The van der Waals surface area contributed by atoms with Crippen molar-refractivity contribution in [3.63, 3.8) is 0 Å². The Bertz CT molecular complexity index is 634. The minimum absolute atomic E-state index is 0.175. The molecule has 1 fully saturated rings. The summed E-state index contributed by atoms with van der Waals surface area (Å²) in [5, 5.41) is -0.175. The third kappa shape index (κ3) is 2.60. The van der Waals surface area contributed by atoms with E-state index >= 15 is 0 Å². The Hall–Kier alpha value is -0.610. The van der Waals surface area contributed by atoms with Crippen LogP contribution in [0, 0.1) is 11.7 Å². The molecule has 1 aliphatic rings. The highest BCUT2D eigenvalue weighted by Crippen LogP contribution is 2.32. The number of hydrogen-bond acceptors (Lipinski definition) is 1. The molecule has 2 aromatic rings. The molecule has 20 heavy (non-hydrogen) atoms. The second-order valence-corrected chi connectivity index (χ2v) is 7.09. The average Bonchev–Trinajstić information content (AvgIpc) is 2.67. The van der Waals surface area contributed by atoms with E-state index in [2.05, 4.69) is 25.5 Å². The van der Waals surface area contributed by atoms with Gasteiger partial charge in [0.15, 0.2) is 0 Å². The van der Waals surface area contributed by atoms with E-state index in [0.29, 0.717) is 4.47 Å². The summed E-state index contributed by atoms with van der Waals surface area (Å²) in [5.74, 6) is 1.39. The van der Waals surface area contributed by atoms with Gasteiger partial charge in [-0.05, 0) is 41.3 Å². The van der Waals surface area contributed by atoms with E-state index in [9.17, 15) is 4.39 Å². The molecule has 0 radical (unpaired) electrons. The molecule has 1 aromatic carbocycles. The van der Waals surface area contributed by atoms with Gasteiger partial charge < -0.3 is 4.57 Å². The van der Waals surface area contributed by atoms with Crippen LogP contribution in [0.1, 0.15) is 43.8 Å². The number of benzene rings is 1. The van der Waals surface area contributed by atoms with Crippen molar-refractivity contribution in [2.75, 3.05) is 0 Å². The van der Waals surface area contributed by atoms with Gasteiger partial charge in [-0.1, -0.05) is 19.3 Å². The topological polar surface area (TPSA) is 17.8 Å². The van der Waals surface area contributed by atoms with Crippen LogP contribution in [-0.4, -0.2) is 9.55 Å². The predicted molar refractivity (Wildman–Crippen MR) is 83.6 cm³/mol. The average molecular weight is 360 g/mol. The summed E-state index contributed by atoms with van der Waals surface area (Å²) in [5.41, 5.74) is 1.64. The highest BCUT2D eigenvalue weighted by molar-refractivity contribution is 9.10. The minimum atomic E-state index is -0.254. The Morgan fingerprint density at radius 1 is 1.50 bits per heavy atom. The molecule has 1 heterocycles. The van der Waals surface area contributed by atoms with Crippen LogP contribution in [0.4, 0.5) is 4.39 Å². The molecule has 0 bridgehead atoms. The van der Waals surface area contributed by atoms with E-state index < -0.39 is 0 Å². The van der Waals surface area contributed by atoms with Gasteiger partial charge >= 0.3 is 0 Å². The Morgan fingerprint density at radius 3 is 2.85 bits per heavy atom. The van der Waals surface area contributed by atoms with Gasteiger partial charge in [-0.25, -0.2) is 9.37 Å². The Morgan fingerprint density at radius 2 is 2.25 bits per heavy atom. The first kappa shape index (κ1) is 14.3. The normalized spacial score (nSPS) is 17.4. The van der Waals surface area contributed by atoms with Gasteiger partial charge in [0.1, 0.15) is 11.6 Å². The van der Waals surface area contributed by atoms with Crippen LogP contribution >= 0.6 is 27.5 Å². The predicted octanol–water partition coefficient (Wildman–Crippen LogP) is 5.43. The summed E-state index contributed by atoms with van der Waals surface area (Å²) >= 11 is 9.45. The lowest BCUT2D eigenvalue weighted by Crippen LogP contribution is -2.15. The number of halogens is 3. The van der Waals surface area contributed by atoms with Crippen molar-refractivity contribution < 1.29 is 4.39 Å². The molecule has 0 aliphatic heterocycles. The van der Waals surface area contributed by atoms with Crippen LogP contribution in [-0.2, 0) is 6.54 Å². The maximum Gasteiger partial charge on any atom is 0.139 e. The van der Waals surface area contributed by atoms with E-state index in [-0.39, 0.29) is 11.2 Å². The van der Waals surface area contributed by atoms with Gasteiger partial charge in [-0.3, -0.25) is 0 Å². The lowest BCUT2D eigenvalue weighted by atomic mass is 9.83. The van der Waals surface area contributed by atoms with Gasteiger partial charge in [0.2, 0.25) is 0 Å². The lowest BCUT2D eigenvalue weighted by Gasteiger charge is -2.25. The molecule has 0 amide bonds. The molecular weight excluding hydrogens is 343 g/mol. The van der Waals surface area contributed by atoms with Gasteiger partial charge in [0.05, 0.1) is 20.9 Å². The molecule has 3 rings (SSSR count). The second kappa shape index (κ2) is 5.64. The van der Waals surface area contributed by atoms with Crippen molar-refractivity contribution in [1.82, 2.24) is 9.55 Å². The van der Waals surface area contributed by atoms with Crippen molar-refractivity contribution in [2.24, 2.45) is 5.92 Å². The quantitative estimate of drug-likeness (QED) is 0.666. The number of alkyl halides is 1. The van der Waals surface area contributed by atoms with E-state index in [1.807, 2.05) is 6.92 Å². The Labute approximate surface area is 131 Å². The molecular formula is C15H17BrClFN2.